The lowest BCUT2D eigenvalue weighted by Gasteiger charge is -2.42. The Labute approximate surface area is 150 Å². The Morgan fingerprint density at radius 2 is 1.58 bits per heavy atom. The number of hydrogen-bond acceptors (Lipinski definition) is 1. The minimum absolute atomic E-state index is 0.00270. The predicted molar refractivity (Wildman–Crippen MR) is 88.9 cm³/mol. The summed E-state index contributed by atoms with van der Waals surface area (Å²) in [6, 6.07) is 2.02. The van der Waals surface area contributed by atoms with Crippen LogP contribution in [-0.2, 0) is 0 Å². The van der Waals surface area contributed by atoms with E-state index in [0.29, 0.717) is 17.4 Å². The van der Waals surface area contributed by atoms with Gasteiger partial charge < -0.3 is 4.74 Å². The van der Waals surface area contributed by atoms with Crippen molar-refractivity contribution in [1.82, 2.24) is 0 Å². The van der Waals surface area contributed by atoms with Crippen molar-refractivity contribution in [2.24, 2.45) is 17.8 Å². The Kier molecular flexibility index (Phi) is 5.78. The molecule has 0 aromatic heterocycles. The number of rotatable bonds is 4. The summed E-state index contributed by atoms with van der Waals surface area (Å²) in [6.45, 7) is 2.21. The fraction of sp³-hybridized carbons (Fsp3) is 0.700. The van der Waals surface area contributed by atoms with E-state index < -0.39 is 23.7 Å². The van der Waals surface area contributed by atoms with Crippen molar-refractivity contribution in [2.75, 3.05) is 0 Å². The maximum Gasteiger partial charge on any atom is 0.573 e. The molecule has 26 heavy (non-hydrogen) atoms. The van der Waals surface area contributed by atoms with Crippen LogP contribution in [0.25, 0.3) is 0 Å². The van der Waals surface area contributed by atoms with Crippen LogP contribution in [0.4, 0.5) is 22.0 Å². The Morgan fingerprint density at radius 1 is 0.962 bits per heavy atom. The SMILES string of the molecule is CCCC1CCC2CC(c3cc(F)c(OC(F)(F)F)c(F)c3)CCC2C1. The summed E-state index contributed by atoms with van der Waals surface area (Å²) < 4.78 is 68.3. The number of halogens is 5. The van der Waals surface area contributed by atoms with Gasteiger partial charge in [-0.1, -0.05) is 26.2 Å². The molecule has 0 saturated heterocycles. The molecule has 0 amide bonds. The second-order valence-electron chi connectivity index (χ2n) is 7.86. The second kappa shape index (κ2) is 7.73. The second-order valence-corrected chi connectivity index (χ2v) is 7.86. The summed E-state index contributed by atoms with van der Waals surface area (Å²) >= 11 is 0. The van der Waals surface area contributed by atoms with Crippen LogP contribution >= 0.6 is 0 Å². The monoisotopic (exact) mass is 376 g/mol. The van der Waals surface area contributed by atoms with Crippen molar-refractivity contribution in [2.45, 2.75) is 70.6 Å². The number of alkyl halides is 3. The third-order valence-corrected chi connectivity index (χ3v) is 6.13. The van der Waals surface area contributed by atoms with Crippen LogP contribution in [0.3, 0.4) is 0 Å². The van der Waals surface area contributed by atoms with Gasteiger partial charge in [0.25, 0.3) is 0 Å². The highest BCUT2D eigenvalue weighted by Crippen LogP contribution is 2.48. The molecule has 6 heteroatoms. The van der Waals surface area contributed by atoms with E-state index in [1.165, 1.54) is 25.7 Å². The van der Waals surface area contributed by atoms with E-state index in [4.69, 9.17) is 0 Å². The first-order valence-corrected chi connectivity index (χ1v) is 9.51. The molecule has 1 aromatic rings. The van der Waals surface area contributed by atoms with Gasteiger partial charge in [0.1, 0.15) is 0 Å². The largest absolute Gasteiger partial charge is 0.573 e. The molecule has 0 radical (unpaired) electrons. The van der Waals surface area contributed by atoms with Crippen molar-refractivity contribution in [3.05, 3.63) is 29.3 Å². The summed E-state index contributed by atoms with van der Waals surface area (Å²) in [5.74, 6) is -1.90. The highest BCUT2D eigenvalue weighted by atomic mass is 19.4. The molecule has 0 heterocycles. The van der Waals surface area contributed by atoms with E-state index in [1.807, 2.05) is 0 Å². The molecule has 1 nitrogen and oxygen atoms in total. The zero-order valence-electron chi connectivity index (χ0n) is 14.9. The maximum absolute atomic E-state index is 14.0. The molecular weight excluding hydrogens is 351 g/mol. The standard InChI is InChI=1S/C20H25F5O/c1-2-3-12-4-5-14-9-15(7-6-13(14)8-12)16-10-17(21)19(18(22)11-16)26-20(23,24)25/h10-15H,2-9H2,1H3. The van der Waals surface area contributed by atoms with Gasteiger partial charge in [-0.15, -0.1) is 13.2 Å². The van der Waals surface area contributed by atoms with Gasteiger partial charge in [-0.05, 0) is 73.5 Å². The van der Waals surface area contributed by atoms with Crippen molar-refractivity contribution < 1.29 is 26.7 Å². The Balaban J connectivity index is 1.69. The quantitative estimate of drug-likeness (QED) is 0.516. The molecule has 4 unspecified atom stereocenters. The van der Waals surface area contributed by atoms with Gasteiger partial charge in [0.05, 0.1) is 0 Å². The fourth-order valence-corrected chi connectivity index (χ4v) is 4.99. The first kappa shape index (κ1) is 19.4. The van der Waals surface area contributed by atoms with E-state index in [0.717, 1.165) is 43.7 Å². The summed E-state index contributed by atoms with van der Waals surface area (Å²) in [5.41, 5.74) is 0.448. The van der Waals surface area contributed by atoms with Crippen molar-refractivity contribution in [3.63, 3.8) is 0 Å². The molecule has 2 saturated carbocycles. The molecular formula is C20H25F5O. The minimum Gasteiger partial charge on any atom is -0.399 e. The third-order valence-electron chi connectivity index (χ3n) is 6.13. The van der Waals surface area contributed by atoms with Crippen LogP contribution in [0.5, 0.6) is 5.75 Å². The van der Waals surface area contributed by atoms with Gasteiger partial charge in [0, 0.05) is 0 Å². The van der Waals surface area contributed by atoms with Gasteiger partial charge in [-0.2, -0.15) is 0 Å². The molecule has 1 aromatic carbocycles. The molecule has 2 aliphatic rings. The lowest BCUT2D eigenvalue weighted by molar-refractivity contribution is -0.276. The van der Waals surface area contributed by atoms with E-state index in [2.05, 4.69) is 11.7 Å². The summed E-state index contributed by atoms with van der Waals surface area (Å²) in [7, 11) is 0. The molecule has 4 atom stereocenters. The average Bonchev–Trinajstić information content (AvgIpc) is 2.57. The van der Waals surface area contributed by atoms with Crippen LogP contribution in [0.15, 0.2) is 12.1 Å². The highest BCUT2D eigenvalue weighted by molar-refractivity contribution is 5.33. The van der Waals surface area contributed by atoms with Gasteiger partial charge >= 0.3 is 6.36 Å². The summed E-state index contributed by atoms with van der Waals surface area (Å²) in [6.07, 6.45) is 3.68. The van der Waals surface area contributed by atoms with Gasteiger partial charge in [0.2, 0.25) is 5.75 Å². The summed E-state index contributed by atoms with van der Waals surface area (Å²) in [4.78, 5) is 0. The Bertz CT molecular complexity index is 604. The molecule has 0 N–H and O–H groups in total. The van der Waals surface area contributed by atoms with E-state index in [-0.39, 0.29) is 5.92 Å². The van der Waals surface area contributed by atoms with Crippen LogP contribution in [0.1, 0.15) is 69.8 Å². The van der Waals surface area contributed by atoms with Crippen molar-refractivity contribution in [3.8, 4) is 5.75 Å². The Morgan fingerprint density at radius 3 is 2.19 bits per heavy atom. The van der Waals surface area contributed by atoms with Crippen LogP contribution in [0, 0.1) is 29.4 Å². The van der Waals surface area contributed by atoms with Gasteiger partial charge in [-0.3, -0.25) is 0 Å². The normalized spacial score (nSPS) is 29.3. The first-order chi connectivity index (χ1) is 12.3. The Hall–Kier alpha value is -1.33. The summed E-state index contributed by atoms with van der Waals surface area (Å²) in [5, 5.41) is 0. The first-order valence-electron chi connectivity index (χ1n) is 9.51. The molecule has 146 valence electrons. The van der Waals surface area contributed by atoms with Crippen molar-refractivity contribution >= 4 is 0 Å². The lowest BCUT2D eigenvalue weighted by Crippen LogP contribution is -2.30. The van der Waals surface area contributed by atoms with Gasteiger partial charge in [0.15, 0.2) is 11.6 Å². The van der Waals surface area contributed by atoms with E-state index in [1.54, 1.807) is 0 Å². The molecule has 2 aliphatic carbocycles. The van der Waals surface area contributed by atoms with Crippen LogP contribution in [0.2, 0.25) is 0 Å². The zero-order valence-corrected chi connectivity index (χ0v) is 14.9. The molecule has 0 bridgehead atoms. The molecule has 0 spiro atoms. The van der Waals surface area contributed by atoms with Crippen LogP contribution < -0.4 is 4.74 Å². The number of hydrogen-bond donors (Lipinski definition) is 0. The number of ether oxygens (including phenoxy) is 1. The zero-order chi connectivity index (χ0) is 18.9. The fourth-order valence-electron chi connectivity index (χ4n) is 4.99. The number of fused-ring (bicyclic) bond motifs is 1. The lowest BCUT2D eigenvalue weighted by atomic mass is 9.63. The van der Waals surface area contributed by atoms with Gasteiger partial charge in [-0.25, -0.2) is 8.78 Å². The molecule has 2 fully saturated rings. The maximum atomic E-state index is 14.0. The smallest absolute Gasteiger partial charge is 0.399 e. The third kappa shape index (κ3) is 4.49. The van der Waals surface area contributed by atoms with E-state index in [9.17, 15) is 22.0 Å². The van der Waals surface area contributed by atoms with Crippen LogP contribution in [-0.4, -0.2) is 6.36 Å². The minimum atomic E-state index is -5.11. The highest BCUT2D eigenvalue weighted by Gasteiger charge is 2.37. The van der Waals surface area contributed by atoms with E-state index >= 15 is 0 Å². The number of benzene rings is 1. The predicted octanol–water partition coefficient (Wildman–Crippen LogP) is 6.96. The molecule has 3 rings (SSSR count). The average molecular weight is 376 g/mol. The molecule has 0 aliphatic heterocycles. The topological polar surface area (TPSA) is 9.23 Å². The van der Waals surface area contributed by atoms with Crippen molar-refractivity contribution in [1.29, 1.82) is 0 Å².